The van der Waals surface area contributed by atoms with E-state index < -0.39 is 0 Å². The molecule has 0 aliphatic carbocycles. The SMILES string of the molecule is CN(Cc1cccc(Cl)c1Cl)C(=O)c1ccc(=O)[nH]c1. The summed E-state index contributed by atoms with van der Waals surface area (Å²) in [5, 5.41) is 0.893. The molecule has 0 aliphatic rings. The van der Waals surface area contributed by atoms with E-state index in [1.807, 2.05) is 6.07 Å². The smallest absolute Gasteiger partial charge is 0.255 e. The summed E-state index contributed by atoms with van der Waals surface area (Å²) in [5.74, 6) is -0.211. The topological polar surface area (TPSA) is 53.2 Å². The number of aromatic nitrogens is 1. The van der Waals surface area contributed by atoms with Gasteiger partial charge in [-0.05, 0) is 17.7 Å². The molecule has 1 heterocycles. The Hall–Kier alpha value is -1.78. The number of rotatable bonds is 3. The molecule has 4 nitrogen and oxygen atoms in total. The average Bonchev–Trinajstić information content (AvgIpc) is 2.44. The summed E-state index contributed by atoms with van der Waals surface area (Å²) in [6.45, 7) is 0.331. The number of halogens is 2. The number of hydrogen-bond donors (Lipinski definition) is 1. The van der Waals surface area contributed by atoms with Crippen LogP contribution in [-0.4, -0.2) is 22.8 Å². The third kappa shape index (κ3) is 3.21. The number of amides is 1. The molecule has 0 saturated carbocycles. The fourth-order valence-corrected chi connectivity index (χ4v) is 2.14. The average molecular weight is 311 g/mol. The van der Waals surface area contributed by atoms with Crippen molar-refractivity contribution in [3.05, 3.63) is 68.1 Å². The molecule has 2 aromatic rings. The zero-order chi connectivity index (χ0) is 14.7. The third-order valence-corrected chi connectivity index (χ3v) is 3.67. The van der Waals surface area contributed by atoms with E-state index in [1.165, 1.54) is 23.2 Å². The zero-order valence-corrected chi connectivity index (χ0v) is 12.2. The molecule has 6 heteroatoms. The molecule has 0 radical (unpaired) electrons. The van der Waals surface area contributed by atoms with Gasteiger partial charge >= 0.3 is 0 Å². The zero-order valence-electron chi connectivity index (χ0n) is 10.7. The lowest BCUT2D eigenvalue weighted by molar-refractivity contribution is 0.0784. The predicted molar refractivity (Wildman–Crippen MR) is 79.3 cm³/mol. The Kier molecular flexibility index (Phi) is 4.47. The number of H-pyrrole nitrogens is 1. The number of benzene rings is 1. The normalized spacial score (nSPS) is 10.3. The van der Waals surface area contributed by atoms with E-state index >= 15 is 0 Å². The summed E-state index contributed by atoms with van der Waals surface area (Å²) in [7, 11) is 1.66. The van der Waals surface area contributed by atoms with E-state index in [1.54, 1.807) is 19.2 Å². The van der Waals surface area contributed by atoms with Gasteiger partial charge in [0.05, 0.1) is 15.6 Å². The van der Waals surface area contributed by atoms with Gasteiger partial charge in [0.1, 0.15) is 0 Å². The van der Waals surface area contributed by atoms with Crippen molar-refractivity contribution in [2.45, 2.75) is 6.54 Å². The van der Waals surface area contributed by atoms with Crippen molar-refractivity contribution in [2.24, 2.45) is 0 Å². The minimum atomic E-state index is -0.248. The Labute approximate surface area is 125 Å². The molecule has 1 N–H and O–H groups in total. The van der Waals surface area contributed by atoms with Gasteiger partial charge in [0, 0.05) is 25.9 Å². The number of aromatic amines is 1. The molecule has 0 bridgehead atoms. The van der Waals surface area contributed by atoms with Crippen molar-refractivity contribution in [3.8, 4) is 0 Å². The number of carbonyl (C=O) groups excluding carboxylic acids is 1. The predicted octanol–water partition coefficient (Wildman–Crippen LogP) is 2.95. The van der Waals surface area contributed by atoms with Crippen LogP contribution in [0.15, 0.2) is 41.3 Å². The Morgan fingerprint density at radius 2 is 2.00 bits per heavy atom. The molecular weight excluding hydrogens is 299 g/mol. The largest absolute Gasteiger partial charge is 0.337 e. The Balaban J connectivity index is 2.17. The van der Waals surface area contributed by atoms with Crippen LogP contribution in [0.25, 0.3) is 0 Å². The summed E-state index contributed by atoms with van der Waals surface area (Å²) < 4.78 is 0. The number of hydrogen-bond acceptors (Lipinski definition) is 2. The molecule has 0 unspecified atom stereocenters. The Morgan fingerprint density at radius 1 is 1.25 bits per heavy atom. The lowest BCUT2D eigenvalue weighted by atomic mass is 10.2. The highest BCUT2D eigenvalue weighted by molar-refractivity contribution is 6.42. The first kappa shape index (κ1) is 14.6. The highest BCUT2D eigenvalue weighted by Gasteiger charge is 2.14. The Morgan fingerprint density at radius 3 is 2.65 bits per heavy atom. The summed E-state index contributed by atoms with van der Waals surface area (Å²) >= 11 is 12.0. The highest BCUT2D eigenvalue weighted by atomic mass is 35.5. The molecule has 0 saturated heterocycles. The maximum Gasteiger partial charge on any atom is 0.255 e. The summed E-state index contributed by atoms with van der Waals surface area (Å²) in [6.07, 6.45) is 1.39. The first-order valence-electron chi connectivity index (χ1n) is 5.86. The number of carbonyl (C=O) groups is 1. The van der Waals surface area contributed by atoms with E-state index in [4.69, 9.17) is 23.2 Å². The molecule has 0 spiro atoms. The van der Waals surface area contributed by atoms with Crippen LogP contribution in [0.1, 0.15) is 15.9 Å². The number of nitrogens with zero attached hydrogens (tertiary/aromatic N) is 1. The molecular formula is C14H12Cl2N2O2. The van der Waals surface area contributed by atoms with Gasteiger partial charge in [-0.1, -0.05) is 35.3 Å². The van der Waals surface area contributed by atoms with Crippen LogP contribution in [0, 0.1) is 0 Å². The van der Waals surface area contributed by atoms with Crippen LogP contribution < -0.4 is 5.56 Å². The quantitative estimate of drug-likeness (QED) is 0.947. The first-order valence-corrected chi connectivity index (χ1v) is 6.61. The van der Waals surface area contributed by atoms with Crippen LogP contribution in [0.2, 0.25) is 10.0 Å². The van der Waals surface area contributed by atoms with E-state index in [0.29, 0.717) is 22.2 Å². The second-order valence-corrected chi connectivity index (χ2v) is 5.10. The summed E-state index contributed by atoms with van der Waals surface area (Å²) in [6, 6.07) is 8.08. The van der Waals surface area contributed by atoms with Crippen LogP contribution in [0.5, 0.6) is 0 Å². The number of nitrogens with one attached hydrogen (secondary N) is 1. The van der Waals surface area contributed by atoms with Crippen molar-refractivity contribution in [2.75, 3.05) is 7.05 Å². The minimum Gasteiger partial charge on any atom is -0.337 e. The van der Waals surface area contributed by atoms with Gasteiger partial charge in [-0.25, -0.2) is 0 Å². The van der Waals surface area contributed by atoms with Crippen LogP contribution in [0.3, 0.4) is 0 Å². The van der Waals surface area contributed by atoms with E-state index in [9.17, 15) is 9.59 Å². The van der Waals surface area contributed by atoms with Crippen molar-refractivity contribution < 1.29 is 4.79 Å². The van der Waals surface area contributed by atoms with Gasteiger partial charge in [0.15, 0.2) is 0 Å². The lowest BCUT2D eigenvalue weighted by Gasteiger charge is -2.18. The van der Waals surface area contributed by atoms with Gasteiger partial charge in [-0.3, -0.25) is 9.59 Å². The second kappa shape index (κ2) is 6.11. The van der Waals surface area contributed by atoms with Crippen molar-refractivity contribution in [1.82, 2.24) is 9.88 Å². The molecule has 0 aliphatic heterocycles. The fourth-order valence-electron chi connectivity index (χ4n) is 1.76. The van der Waals surface area contributed by atoms with Crippen LogP contribution in [0.4, 0.5) is 0 Å². The lowest BCUT2D eigenvalue weighted by Crippen LogP contribution is -2.27. The van der Waals surface area contributed by atoms with Gasteiger partial charge in [0.25, 0.3) is 5.91 Å². The van der Waals surface area contributed by atoms with E-state index in [-0.39, 0.29) is 11.5 Å². The van der Waals surface area contributed by atoms with Gasteiger partial charge < -0.3 is 9.88 Å². The standard InChI is InChI=1S/C14H12Cl2N2O2/c1-18(8-10-3-2-4-11(15)13(10)16)14(20)9-5-6-12(19)17-7-9/h2-7H,8H2,1H3,(H,17,19). The van der Waals surface area contributed by atoms with Crippen molar-refractivity contribution in [3.63, 3.8) is 0 Å². The molecule has 1 amide bonds. The van der Waals surface area contributed by atoms with Crippen molar-refractivity contribution >= 4 is 29.1 Å². The molecule has 1 aromatic carbocycles. The maximum absolute atomic E-state index is 12.2. The van der Waals surface area contributed by atoms with Crippen molar-refractivity contribution in [1.29, 1.82) is 0 Å². The summed E-state index contributed by atoms with van der Waals surface area (Å²) in [5.41, 5.74) is 0.923. The minimum absolute atomic E-state index is 0.211. The Bertz CT molecular complexity index is 677. The highest BCUT2D eigenvalue weighted by Crippen LogP contribution is 2.26. The van der Waals surface area contributed by atoms with Gasteiger partial charge in [0.2, 0.25) is 5.56 Å². The van der Waals surface area contributed by atoms with E-state index in [0.717, 1.165) is 5.56 Å². The molecule has 104 valence electrons. The summed E-state index contributed by atoms with van der Waals surface area (Å²) in [4.78, 5) is 27.1. The maximum atomic E-state index is 12.2. The monoisotopic (exact) mass is 310 g/mol. The van der Waals surface area contributed by atoms with E-state index in [2.05, 4.69) is 4.98 Å². The second-order valence-electron chi connectivity index (χ2n) is 4.32. The molecule has 20 heavy (non-hydrogen) atoms. The first-order chi connectivity index (χ1) is 9.49. The molecule has 0 atom stereocenters. The number of pyridine rings is 1. The fraction of sp³-hybridized carbons (Fsp3) is 0.143. The molecule has 2 rings (SSSR count). The molecule has 0 fully saturated rings. The van der Waals surface area contributed by atoms with Gasteiger partial charge in [-0.15, -0.1) is 0 Å². The van der Waals surface area contributed by atoms with Crippen LogP contribution in [-0.2, 0) is 6.54 Å². The third-order valence-electron chi connectivity index (χ3n) is 2.82. The molecule has 1 aromatic heterocycles. The van der Waals surface area contributed by atoms with Gasteiger partial charge in [-0.2, -0.15) is 0 Å². The van der Waals surface area contributed by atoms with Crippen LogP contribution >= 0.6 is 23.2 Å².